The number of hydrogen-bond donors (Lipinski definition) is 1. The highest BCUT2D eigenvalue weighted by molar-refractivity contribution is 7.99. The summed E-state index contributed by atoms with van der Waals surface area (Å²) in [7, 11) is 0. The molecule has 1 nitrogen and oxygen atoms in total. The van der Waals surface area contributed by atoms with Crippen LogP contribution >= 0.6 is 11.8 Å². The highest BCUT2D eigenvalue weighted by Crippen LogP contribution is 2.25. The number of thioether (sulfide) groups is 1. The molecular formula is C16H27NS. The van der Waals surface area contributed by atoms with Gasteiger partial charge in [-0.2, -0.15) is 0 Å². The van der Waals surface area contributed by atoms with Gasteiger partial charge >= 0.3 is 0 Å². The molecule has 0 atom stereocenters. The zero-order valence-electron chi connectivity index (χ0n) is 12.1. The Labute approximate surface area is 117 Å². The van der Waals surface area contributed by atoms with Crippen LogP contribution in [0, 0.1) is 6.92 Å². The van der Waals surface area contributed by atoms with Crippen LogP contribution in [0.2, 0.25) is 0 Å². The molecule has 102 valence electrons. The highest BCUT2D eigenvalue weighted by atomic mass is 32.2. The van der Waals surface area contributed by atoms with Crippen molar-refractivity contribution in [1.29, 1.82) is 0 Å². The average Bonchev–Trinajstić information content (AvgIpc) is 2.37. The number of benzene rings is 1. The molecule has 0 aliphatic rings. The molecule has 0 amide bonds. The molecule has 18 heavy (non-hydrogen) atoms. The highest BCUT2D eigenvalue weighted by Gasteiger charge is 2.03. The molecule has 0 saturated carbocycles. The van der Waals surface area contributed by atoms with Gasteiger partial charge in [0.25, 0.3) is 0 Å². The first-order valence-corrected chi connectivity index (χ1v) is 8.19. The molecule has 0 aromatic heterocycles. The van der Waals surface area contributed by atoms with Gasteiger partial charge in [0, 0.05) is 11.4 Å². The molecule has 0 radical (unpaired) electrons. The van der Waals surface area contributed by atoms with Crippen molar-refractivity contribution in [2.24, 2.45) is 0 Å². The van der Waals surface area contributed by atoms with Crippen LogP contribution in [-0.4, -0.2) is 12.3 Å². The maximum Gasteiger partial charge on any atom is 0.0216 e. The van der Waals surface area contributed by atoms with Gasteiger partial charge in [0.15, 0.2) is 0 Å². The average molecular weight is 265 g/mol. The summed E-state index contributed by atoms with van der Waals surface area (Å²) in [5.41, 5.74) is 2.83. The molecule has 0 spiro atoms. The van der Waals surface area contributed by atoms with Crippen LogP contribution in [0.5, 0.6) is 0 Å². The zero-order valence-corrected chi connectivity index (χ0v) is 12.9. The first-order chi connectivity index (χ1) is 8.77. The first-order valence-electron chi connectivity index (χ1n) is 7.21. The lowest BCUT2D eigenvalue weighted by Crippen LogP contribution is -2.14. The smallest absolute Gasteiger partial charge is 0.0216 e. The number of rotatable bonds is 9. The lowest BCUT2D eigenvalue weighted by Gasteiger charge is -2.11. The van der Waals surface area contributed by atoms with Crippen LogP contribution in [0.3, 0.4) is 0 Å². The van der Waals surface area contributed by atoms with Crippen molar-refractivity contribution >= 4 is 11.8 Å². The van der Waals surface area contributed by atoms with Crippen LogP contribution < -0.4 is 5.32 Å². The molecule has 2 heteroatoms. The Bertz CT molecular complexity index is 336. The van der Waals surface area contributed by atoms with Crippen molar-refractivity contribution in [2.45, 2.75) is 57.9 Å². The van der Waals surface area contributed by atoms with E-state index in [1.807, 2.05) is 11.8 Å². The minimum Gasteiger partial charge on any atom is -0.313 e. The van der Waals surface area contributed by atoms with Crippen molar-refractivity contribution in [1.82, 2.24) is 5.32 Å². The van der Waals surface area contributed by atoms with Crippen molar-refractivity contribution in [3.05, 3.63) is 29.3 Å². The number of nitrogens with one attached hydrogen (secondary N) is 1. The lowest BCUT2D eigenvalue weighted by atomic mass is 10.1. The molecule has 0 unspecified atom stereocenters. The molecule has 0 fully saturated rings. The van der Waals surface area contributed by atoms with Gasteiger partial charge in [0.2, 0.25) is 0 Å². The monoisotopic (exact) mass is 265 g/mol. The van der Waals surface area contributed by atoms with Crippen molar-refractivity contribution in [3.8, 4) is 0 Å². The topological polar surface area (TPSA) is 12.0 Å². The van der Waals surface area contributed by atoms with E-state index in [0.29, 0.717) is 0 Å². The second-order valence-corrected chi connectivity index (χ2v) is 5.98. The van der Waals surface area contributed by atoms with Crippen molar-refractivity contribution in [3.63, 3.8) is 0 Å². The summed E-state index contributed by atoms with van der Waals surface area (Å²) in [5.74, 6) is 1.25. The molecular weight excluding hydrogens is 238 g/mol. The van der Waals surface area contributed by atoms with Gasteiger partial charge in [-0.15, -0.1) is 11.8 Å². The van der Waals surface area contributed by atoms with Gasteiger partial charge in [-0.05, 0) is 43.7 Å². The number of unbranched alkanes of at least 4 members (excludes halogenated alkanes) is 2. The SMILES string of the molecule is CCCCCSc1ccc(C)cc1CNCCC. The Kier molecular flexibility index (Phi) is 8.19. The van der Waals surface area contributed by atoms with Gasteiger partial charge in [-0.25, -0.2) is 0 Å². The van der Waals surface area contributed by atoms with Gasteiger partial charge in [-0.1, -0.05) is 44.4 Å². The van der Waals surface area contributed by atoms with Gasteiger partial charge < -0.3 is 5.32 Å². The van der Waals surface area contributed by atoms with Crippen LogP contribution in [0.25, 0.3) is 0 Å². The van der Waals surface area contributed by atoms with E-state index in [2.05, 4.69) is 44.3 Å². The Morgan fingerprint density at radius 2 is 1.94 bits per heavy atom. The van der Waals surface area contributed by atoms with Gasteiger partial charge in [0.1, 0.15) is 0 Å². The molecule has 0 aliphatic heterocycles. The molecule has 0 heterocycles. The van der Waals surface area contributed by atoms with E-state index in [4.69, 9.17) is 0 Å². The fraction of sp³-hybridized carbons (Fsp3) is 0.625. The largest absolute Gasteiger partial charge is 0.313 e. The molecule has 0 saturated heterocycles. The number of hydrogen-bond acceptors (Lipinski definition) is 2. The van der Waals surface area contributed by atoms with Gasteiger partial charge in [-0.3, -0.25) is 0 Å². The third-order valence-corrected chi connectivity index (χ3v) is 4.17. The first kappa shape index (κ1) is 15.6. The summed E-state index contributed by atoms with van der Waals surface area (Å²) in [6.45, 7) is 8.76. The van der Waals surface area contributed by atoms with Crippen LogP contribution in [0.4, 0.5) is 0 Å². The summed E-state index contributed by atoms with van der Waals surface area (Å²) in [6, 6.07) is 6.84. The second-order valence-electron chi connectivity index (χ2n) is 4.84. The van der Waals surface area contributed by atoms with E-state index in [1.54, 1.807) is 0 Å². The minimum atomic E-state index is 1.01. The summed E-state index contributed by atoms with van der Waals surface area (Å²) in [6.07, 6.45) is 5.18. The van der Waals surface area contributed by atoms with E-state index in [0.717, 1.165) is 13.1 Å². The van der Waals surface area contributed by atoms with Crippen LogP contribution in [-0.2, 0) is 6.54 Å². The summed E-state index contributed by atoms with van der Waals surface area (Å²) < 4.78 is 0. The number of aryl methyl sites for hydroxylation is 1. The molecule has 0 bridgehead atoms. The summed E-state index contributed by atoms with van der Waals surface area (Å²) in [4.78, 5) is 1.46. The van der Waals surface area contributed by atoms with E-state index < -0.39 is 0 Å². The molecule has 0 aliphatic carbocycles. The second kappa shape index (κ2) is 9.46. The van der Waals surface area contributed by atoms with E-state index >= 15 is 0 Å². The fourth-order valence-electron chi connectivity index (χ4n) is 1.92. The molecule has 1 rings (SSSR count). The maximum atomic E-state index is 3.51. The van der Waals surface area contributed by atoms with Gasteiger partial charge in [0.05, 0.1) is 0 Å². The van der Waals surface area contributed by atoms with E-state index in [1.165, 1.54) is 47.5 Å². The third-order valence-electron chi connectivity index (χ3n) is 2.96. The maximum absolute atomic E-state index is 3.51. The normalized spacial score (nSPS) is 10.8. The predicted octanol–water partition coefficient (Wildman–Crippen LogP) is 4.78. The Morgan fingerprint density at radius 3 is 2.67 bits per heavy atom. The summed E-state index contributed by atoms with van der Waals surface area (Å²) in [5, 5.41) is 3.51. The Morgan fingerprint density at radius 1 is 1.11 bits per heavy atom. The molecule has 1 N–H and O–H groups in total. The van der Waals surface area contributed by atoms with Crippen LogP contribution in [0.1, 0.15) is 50.7 Å². The standard InChI is InChI=1S/C16H27NS/c1-4-6-7-11-18-16-9-8-14(3)12-15(16)13-17-10-5-2/h8-9,12,17H,4-7,10-11,13H2,1-3H3. The van der Waals surface area contributed by atoms with Crippen LogP contribution in [0.15, 0.2) is 23.1 Å². The Hall–Kier alpha value is -0.470. The van der Waals surface area contributed by atoms with Crippen molar-refractivity contribution in [2.75, 3.05) is 12.3 Å². The predicted molar refractivity (Wildman–Crippen MR) is 83.4 cm³/mol. The van der Waals surface area contributed by atoms with Crippen molar-refractivity contribution < 1.29 is 0 Å². The minimum absolute atomic E-state index is 1.01. The summed E-state index contributed by atoms with van der Waals surface area (Å²) >= 11 is 2.01. The Balaban J connectivity index is 2.52. The molecule has 1 aromatic rings. The molecule has 1 aromatic carbocycles. The quantitative estimate of drug-likeness (QED) is 0.509. The van der Waals surface area contributed by atoms with E-state index in [9.17, 15) is 0 Å². The third kappa shape index (κ3) is 5.92. The van der Waals surface area contributed by atoms with E-state index in [-0.39, 0.29) is 0 Å². The fourth-order valence-corrected chi connectivity index (χ4v) is 2.97. The zero-order chi connectivity index (χ0) is 13.2. The lowest BCUT2D eigenvalue weighted by molar-refractivity contribution is 0.669.